The topological polar surface area (TPSA) is 73.8 Å². The molecule has 1 aliphatic heterocycles. The number of likely N-dealkylation sites (tertiary alicyclic amines) is 1. The van der Waals surface area contributed by atoms with Crippen LogP contribution in [0, 0.1) is 5.92 Å². The molecule has 0 aromatic heterocycles. The fourth-order valence-electron chi connectivity index (χ4n) is 3.54. The summed E-state index contributed by atoms with van der Waals surface area (Å²) in [5.41, 5.74) is 1.10. The van der Waals surface area contributed by atoms with Crippen LogP contribution in [0.15, 0.2) is 34.2 Å². The van der Waals surface area contributed by atoms with Gasteiger partial charge in [-0.25, -0.2) is 8.42 Å². The average Bonchev–Trinajstić information content (AvgIpc) is 2.65. The van der Waals surface area contributed by atoms with E-state index < -0.39 is 9.84 Å². The third kappa shape index (κ3) is 7.43. The predicted molar refractivity (Wildman–Crippen MR) is 117 cm³/mol. The molecule has 2 atom stereocenters. The molecule has 0 aliphatic carbocycles. The van der Waals surface area contributed by atoms with Gasteiger partial charge in [-0.05, 0) is 63.3 Å². The van der Waals surface area contributed by atoms with Crippen LogP contribution < -0.4 is 10.6 Å². The Morgan fingerprint density at radius 1 is 1.29 bits per heavy atom. The maximum Gasteiger partial charge on any atom is 0.191 e. The number of benzene rings is 1. The van der Waals surface area contributed by atoms with Gasteiger partial charge in [0.15, 0.2) is 15.8 Å². The molecule has 0 saturated carbocycles. The second-order valence-corrected chi connectivity index (χ2v) is 9.92. The zero-order valence-electron chi connectivity index (χ0n) is 17.7. The summed E-state index contributed by atoms with van der Waals surface area (Å²) in [6.45, 7) is 11.4. The lowest BCUT2D eigenvalue weighted by molar-refractivity contribution is 0.142. The van der Waals surface area contributed by atoms with Crippen LogP contribution in [0.2, 0.25) is 0 Å². The summed E-state index contributed by atoms with van der Waals surface area (Å²) in [6, 6.07) is 7.54. The highest BCUT2D eigenvalue weighted by molar-refractivity contribution is 7.90. The maximum absolute atomic E-state index is 11.5. The van der Waals surface area contributed by atoms with E-state index in [2.05, 4.69) is 36.3 Å². The lowest BCUT2D eigenvalue weighted by atomic mass is 9.99. The van der Waals surface area contributed by atoms with Crippen molar-refractivity contribution in [1.29, 1.82) is 0 Å². The Balaban J connectivity index is 1.83. The largest absolute Gasteiger partial charge is 0.357 e. The van der Waals surface area contributed by atoms with Gasteiger partial charge in [0, 0.05) is 31.9 Å². The van der Waals surface area contributed by atoms with Crippen molar-refractivity contribution in [2.75, 3.05) is 39.0 Å². The van der Waals surface area contributed by atoms with Gasteiger partial charge in [-0.3, -0.25) is 9.89 Å². The van der Waals surface area contributed by atoms with Gasteiger partial charge < -0.3 is 10.6 Å². The SMILES string of the molecule is CCNC(=NCC(C)N1CCCC(C)C1)NCCc1ccc(S(C)(=O)=O)cc1. The summed E-state index contributed by atoms with van der Waals surface area (Å²) in [6.07, 6.45) is 4.66. The summed E-state index contributed by atoms with van der Waals surface area (Å²) in [5, 5.41) is 6.69. The molecule has 1 heterocycles. The number of nitrogens with zero attached hydrogens (tertiary/aromatic N) is 2. The molecule has 1 aliphatic rings. The van der Waals surface area contributed by atoms with Crippen molar-refractivity contribution in [1.82, 2.24) is 15.5 Å². The number of guanidine groups is 1. The van der Waals surface area contributed by atoms with E-state index >= 15 is 0 Å². The van der Waals surface area contributed by atoms with E-state index in [1.165, 1.54) is 32.2 Å². The predicted octanol–water partition coefficient (Wildman–Crippen LogP) is 2.31. The molecule has 1 aromatic rings. The van der Waals surface area contributed by atoms with Gasteiger partial charge in [0.25, 0.3) is 0 Å². The highest BCUT2D eigenvalue weighted by Gasteiger charge is 2.20. The number of piperidine rings is 1. The quantitative estimate of drug-likeness (QED) is 0.510. The van der Waals surface area contributed by atoms with E-state index in [9.17, 15) is 8.42 Å². The molecule has 0 amide bonds. The minimum absolute atomic E-state index is 0.361. The Hall–Kier alpha value is -1.60. The van der Waals surface area contributed by atoms with Crippen molar-refractivity contribution in [3.8, 4) is 0 Å². The fraction of sp³-hybridized carbons (Fsp3) is 0.667. The minimum Gasteiger partial charge on any atom is -0.357 e. The highest BCUT2D eigenvalue weighted by atomic mass is 32.2. The first-order valence-corrected chi connectivity index (χ1v) is 12.2. The fourth-order valence-corrected chi connectivity index (χ4v) is 4.17. The Morgan fingerprint density at radius 2 is 2.00 bits per heavy atom. The van der Waals surface area contributed by atoms with E-state index in [0.29, 0.717) is 10.9 Å². The van der Waals surface area contributed by atoms with Crippen LogP contribution in [-0.2, 0) is 16.3 Å². The van der Waals surface area contributed by atoms with Gasteiger partial charge in [0.05, 0.1) is 11.4 Å². The molecular formula is C21H36N4O2S. The van der Waals surface area contributed by atoms with E-state index in [-0.39, 0.29) is 0 Å². The number of nitrogens with one attached hydrogen (secondary N) is 2. The Bertz CT molecular complexity index is 731. The number of hydrogen-bond donors (Lipinski definition) is 2. The molecule has 2 rings (SSSR count). The van der Waals surface area contributed by atoms with Crippen LogP contribution in [0.25, 0.3) is 0 Å². The van der Waals surface area contributed by atoms with E-state index in [4.69, 9.17) is 4.99 Å². The molecule has 2 N–H and O–H groups in total. The zero-order chi connectivity index (χ0) is 20.6. The second-order valence-electron chi connectivity index (χ2n) is 7.90. The molecule has 2 unspecified atom stereocenters. The summed E-state index contributed by atoms with van der Waals surface area (Å²) < 4.78 is 23.1. The van der Waals surface area contributed by atoms with Crippen LogP contribution in [0.5, 0.6) is 0 Å². The number of hydrogen-bond acceptors (Lipinski definition) is 4. The molecule has 0 bridgehead atoms. The average molecular weight is 409 g/mol. The van der Waals surface area contributed by atoms with E-state index in [0.717, 1.165) is 43.5 Å². The van der Waals surface area contributed by atoms with Gasteiger partial charge >= 0.3 is 0 Å². The third-order valence-corrected chi connectivity index (χ3v) is 6.36. The number of rotatable bonds is 8. The summed E-state index contributed by atoms with van der Waals surface area (Å²) in [4.78, 5) is 7.67. The van der Waals surface area contributed by atoms with Gasteiger partial charge in [-0.15, -0.1) is 0 Å². The molecule has 0 radical (unpaired) electrons. The normalized spacial score (nSPS) is 20.0. The standard InChI is InChI=1S/C21H36N4O2S/c1-5-22-21(24-15-18(3)25-14-6-7-17(2)16-25)23-13-12-19-8-10-20(11-9-19)28(4,26)27/h8-11,17-18H,5-7,12-16H2,1-4H3,(H2,22,23,24). The van der Waals surface area contributed by atoms with Crippen LogP contribution >= 0.6 is 0 Å². The minimum atomic E-state index is -3.14. The Kier molecular flexibility index (Phi) is 8.76. The van der Waals surface area contributed by atoms with Gasteiger partial charge in [0.1, 0.15) is 0 Å². The third-order valence-electron chi connectivity index (χ3n) is 5.23. The molecular weight excluding hydrogens is 372 g/mol. The zero-order valence-corrected chi connectivity index (χ0v) is 18.6. The van der Waals surface area contributed by atoms with Crippen molar-refractivity contribution in [2.45, 2.75) is 51.0 Å². The van der Waals surface area contributed by atoms with Gasteiger partial charge in [-0.2, -0.15) is 0 Å². The summed E-state index contributed by atoms with van der Waals surface area (Å²) >= 11 is 0. The summed E-state index contributed by atoms with van der Waals surface area (Å²) in [5.74, 6) is 1.62. The van der Waals surface area contributed by atoms with Crippen LogP contribution in [0.1, 0.15) is 39.2 Å². The smallest absolute Gasteiger partial charge is 0.191 e. The van der Waals surface area contributed by atoms with Crippen molar-refractivity contribution in [3.05, 3.63) is 29.8 Å². The van der Waals surface area contributed by atoms with Crippen molar-refractivity contribution >= 4 is 15.8 Å². The van der Waals surface area contributed by atoms with Crippen LogP contribution in [0.4, 0.5) is 0 Å². The van der Waals surface area contributed by atoms with Crippen LogP contribution in [0.3, 0.4) is 0 Å². The van der Waals surface area contributed by atoms with E-state index in [1.807, 2.05) is 12.1 Å². The molecule has 158 valence electrons. The molecule has 1 saturated heterocycles. The van der Waals surface area contributed by atoms with Crippen molar-refractivity contribution in [2.24, 2.45) is 10.9 Å². The monoisotopic (exact) mass is 408 g/mol. The summed E-state index contributed by atoms with van der Waals surface area (Å²) in [7, 11) is -3.14. The van der Waals surface area contributed by atoms with E-state index in [1.54, 1.807) is 12.1 Å². The Labute approximate surface area is 170 Å². The molecule has 6 nitrogen and oxygen atoms in total. The first-order valence-electron chi connectivity index (χ1n) is 10.3. The van der Waals surface area contributed by atoms with Crippen LogP contribution in [-0.4, -0.2) is 64.3 Å². The van der Waals surface area contributed by atoms with Gasteiger partial charge in [0.2, 0.25) is 0 Å². The first-order chi connectivity index (χ1) is 13.3. The maximum atomic E-state index is 11.5. The lowest BCUT2D eigenvalue weighted by Crippen LogP contribution is -2.43. The molecule has 28 heavy (non-hydrogen) atoms. The molecule has 1 aromatic carbocycles. The second kappa shape index (κ2) is 10.8. The van der Waals surface area contributed by atoms with Crippen molar-refractivity contribution in [3.63, 3.8) is 0 Å². The van der Waals surface area contributed by atoms with Gasteiger partial charge in [-0.1, -0.05) is 19.1 Å². The van der Waals surface area contributed by atoms with Crippen molar-refractivity contribution < 1.29 is 8.42 Å². The number of sulfone groups is 1. The number of aliphatic imine (C=N–C) groups is 1. The first kappa shape index (κ1) is 22.7. The molecule has 0 spiro atoms. The highest BCUT2D eigenvalue weighted by Crippen LogP contribution is 2.17. The molecule has 1 fully saturated rings. The Morgan fingerprint density at radius 3 is 2.61 bits per heavy atom. The lowest BCUT2D eigenvalue weighted by Gasteiger charge is -2.35. The molecule has 7 heteroatoms.